The molecule has 88 valence electrons. The van der Waals surface area contributed by atoms with Crippen LogP contribution in [-0.4, -0.2) is 12.6 Å². The zero-order valence-corrected chi connectivity index (χ0v) is 10.0. The minimum absolute atomic E-state index is 0.169. The standard InChI is InChI=1S/C13H18FNO/c1-12(2,13(15)6-7-13)10-5-4-9(14)8-11(10)16-3/h4-5,8H,6-7,15H2,1-3H3. The SMILES string of the molecule is COc1cc(F)ccc1C(C)(C)C1(N)CC1. The van der Waals surface area contributed by atoms with Crippen LogP contribution < -0.4 is 10.5 Å². The molecule has 1 aliphatic carbocycles. The van der Waals surface area contributed by atoms with E-state index >= 15 is 0 Å². The van der Waals surface area contributed by atoms with Gasteiger partial charge in [0.25, 0.3) is 0 Å². The smallest absolute Gasteiger partial charge is 0.126 e. The molecule has 2 N–H and O–H groups in total. The maximum absolute atomic E-state index is 13.1. The monoisotopic (exact) mass is 223 g/mol. The first-order valence-corrected chi connectivity index (χ1v) is 5.54. The van der Waals surface area contributed by atoms with Gasteiger partial charge in [0.1, 0.15) is 11.6 Å². The maximum atomic E-state index is 13.1. The molecule has 0 unspecified atom stereocenters. The van der Waals surface area contributed by atoms with Crippen molar-refractivity contribution in [3.63, 3.8) is 0 Å². The molecule has 1 aromatic carbocycles. The van der Waals surface area contributed by atoms with Gasteiger partial charge in [0.2, 0.25) is 0 Å². The van der Waals surface area contributed by atoms with E-state index in [-0.39, 0.29) is 16.8 Å². The molecule has 2 nitrogen and oxygen atoms in total. The largest absolute Gasteiger partial charge is 0.496 e. The number of nitrogens with two attached hydrogens (primary N) is 1. The molecule has 0 atom stereocenters. The fourth-order valence-corrected chi connectivity index (χ4v) is 2.21. The quantitative estimate of drug-likeness (QED) is 0.854. The van der Waals surface area contributed by atoms with Gasteiger partial charge in [-0.05, 0) is 18.9 Å². The minimum atomic E-state index is -0.279. The van der Waals surface area contributed by atoms with E-state index in [2.05, 4.69) is 13.8 Å². The van der Waals surface area contributed by atoms with Crippen LogP contribution in [0.15, 0.2) is 18.2 Å². The summed E-state index contributed by atoms with van der Waals surface area (Å²) >= 11 is 0. The van der Waals surface area contributed by atoms with Gasteiger partial charge in [-0.25, -0.2) is 4.39 Å². The Balaban J connectivity index is 2.47. The van der Waals surface area contributed by atoms with E-state index in [9.17, 15) is 4.39 Å². The molecule has 1 aromatic rings. The first-order valence-electron chi connectivity index (χ1n) is 5.54. The Hall–Kier alpha value is -1.09. The molecular weight excluding hydrogens is 205 g/mol. The summed E-state index contributed by atoms with van der Waals surface area (Å²) in [6.07, 6.45) is 2.03. The van der Waals surface area contributed by atoms with Crippen LogP contribution in [0.1, 0.15) is 32.3 Å². The van der Waals surface area contributed by atoms with Crippen molar-refractivity contribution in [1.29, 1.82) is 0 Å². The second kappa shape index (κ2) is 3.45. The zero-order chi connectivity index (χ0) is 12.0. The normalized spacial score (nSPS) is 18.3. The van der Waals surface area contributed by atoms with E-state index in [1.54, 1.807) is 13.2 Å². The van der Waals surface area contributed by atoms with Gasteiger partial charge in [0, 0.05) is 22.6 Å². The predicted molar refractivity (Wildman–Crippen MR) is 62.1 cm³/mol. The molecule has 0 saturated heterocycles. The number of halogens is 1. The van der Waals surface area contributed by atoms with Crippen molar-refractivity contribution in [3.8, 4) is 5.75 Å². The van der Waals surface area contributed by atoms with E-state index in [0.717, 1.165) is 18.4 Å². The van der Waals surface area contributed by atoms with Crippen molar-refractivity contribution in [3.05, 3.63) is 29.6 Å². The summed E-state index contributed by atoms with van der Waals surface area (Å²) in [4.78, 5) is 0. The summed E-state index contributed by atoms with van der Waals surface area (Å²) in [5.41, 5.74) is 6.89. The Labute approximate surface area is 95.6 Å². The highest BCUT2D eigenvalue weighted by Crippen LogP contribution is 2.51. The summed E-state index contributed by atoms with van der Waals surface area (Å²) < 4.78 is 18.4. The van der Waals surface area contributed by atoms with Crippen molar-refractivity contribution in [1.82, 2.24) is 0 Å². The van der Waals surface area contributed by atoms with Crippen molar-refractivity contribution in [2.75, 3.05) is 7.11 Å². The second-order valence-corrected chi connectivity index (χ2v) is 5.13. The van der Waals surface area contributed by atoms with Gasteiger partial charge in [0.15, 0.2) is 0 Å². The van der Waals surface area contributed by atoms with Gasteiger partial charge in [-0.2, -0.15) is 0 Å². The molecule has 0 aromatic heterocycles. The van der Waals surface area contributed by atoms with E-state index in [0.29, 0.717) is 5.75 Å². The lowest BCUT2D eigenvalue weighted by Gasteiger charge is -2.33. The average Bonchev–Trinajstić information content (AvgIpc) is 2.97. The zero-order valence-electron chi connectivity index (χ0n) is 10.0. The van der Waals surface area contributed by atoms with E-state index in [1.165, 1.54) is 12.1 Å². The Morgan fingerprint density at radius 2 is 2.00 bits per heavy atom. The van der Waals surface area contributed by atoms with Crippen LogP contribution in [0, 0.1) is 5.82 Å². The van der Waals surface area contributed by atoms with Crippen molar-refractivity contribution >= 4 is 0 Å². The minimum Gasteiger partial charge on any atom is -0.496 e. The first-order chi connectivity index (χ1) is 7.40. The van der Waals surface area contributed by atoms with Crippen molar-refractivity contribution in [2.24, 2.45) is 5.73 Å². The summed E-state index contributed by atoms with van der Waals surface area (Å²) in [7, 11) is 1.56. The number of methoxy groups -OCH3 is 1. The molecule has 0 amide bonds. The van der Waals surface area contributed by atoms with E-state index < -0.39 is 0 Å². The first kappa shape index (κ1) is 11.4. The fraction of sp³-hybridized carbons (Fsp3) is 0.538. The molecule has 0 radical (unpaired) electrons. The molecule has 1 fully saturated rings. The highest BCUT2D eigenvalue weighted by Gasteiger charge is 2.52. The summed E-state index contributed by atoms with van der Waals surface area (Å²) in [6, 6.07) is 4.66. The van der Waals surface area contributed by atoms with E-state index in [1.807, 2.05) is 0 Å². The molecule has 0 heterocycles. The lowest BCUT2D eigenvalue weighted by atomic mass is 9.75. The fourth-order valence-electron chi connectivity index (χ4n) is 2.21. The van der Waals surface area contributed by atoms with Gasteiger partial charge >= 0.3 is 0 Å². The lowest BCUT2D eigenvalue weighted by Crippen LogP contribution is -2.43. The summed E-state index contributed by atoms with van der Waals surface area (Å²) in [6.45, 7) is 4.19. The van der Waals surface area contributed by atoms with Gasteiger partial charge in [-0.1, -0.05) is 19.9 Å². The maximum Gasteiger partial charge on any atom is 0.126 e. The van der Waals surface area contributed by atoms with Crippen molar-refractivity contribution < 1.29 is 9.13 Å². The Morgan fingerprint density at radius 1 is 1.38 bits per heavy atom. The molecule has 1 saturated carbocycles. The van der Waals surface area contributed by atoms with Crippen LogP contribution in [-0.2, 0) is 5.41 Å². The molecule has 2 rings (SSSR count). The third-order valence-electron chi connectivity index (χ3n) is 3.87. The predicted octanol–water partition coefficient (Wildman–Crippen LogP) is 2.60. The van der Waals surface area contributed by atoms with Crippen LogP contribution in [0.3, 0.4) is 0 Å². The van der Waals surface area contributed by atoms with Crippen LogP contribution in [0.25, 0.3) is 0 Å². The molecule has 0 bridgehead atoms. The van der Waals surface area contributed by atoms with Gasteiger partial charge in [0.05, 0.1) is 7.11 Å². The molecule has 0 spiro atoms. The number of benzene rings is 1. The molecular formula is C13H18FNO. The van der Waals surface area contributed by atoms with E-state index in [4.69, 9.17) is 10.5 Å². The topological polar surface area (TPSA) is 35.2 Å². The van der Waals surface area contributed by atoms with Crippen LogP contribution in [0.2, 0.25) is 0 Å². The Morgan fingerprint density at radius 3 is 2.50 bits per heavy atom. The van der Waals surface area contributed by atoms with Crippen molar-refractivity contribution in [2.45, 2.75) is 37.6 Å². The Bertz CT molecular complexity index is 410. The lowest BCUT2D eigenvalue weighted by molar-refractivity contribution is 0.351. The van der Waals surface area contributed by atoms with Crippen LogP contribution in [0.5, 0.6) is 5.75 Å². The number of rotatable bonds is 3. The van der Waals surface area contributed by atoms with Crippen LogP contribution in [0.4, 0.5) is 4.39 Å². The van der Waals surface area contributed by atoms with Gasteiger partial charge < -0.3 is 10.5 Å². The van der Waals surface area contributed by atoms with Gasteiger partial charge in [-0.3, -0.25) is 0 Å². The summed E-state index contributed by atoms with van der Waals surface area (Å²) in [5, 5.41) is 0. The third kappa shape index (κ3) is 1.59. The second-order valence-electron chi connectivity index (χ2n) is 5.13. The van der Waals surface area contributed by atoms with Gasteiger partial charge in [-0.15, -0.1) is 0 Å². The Kier molecular flexibility index (Phi) is 2.46. The average molecular weight is 223 g/mol. The highest BCUT2D eigenvalue weighted by atomic mass is 19.1. The molecule has 0 aliphatic heterocycles. The molecule has 1 aliphatic rings. The highest BCUT2D eigenvalue weighted by molar-refractivity contribution is 5.43. The number of ether oxygens (including phenoxy) is 1. The number of hydrogen-bond donors (Lipinski definition) is 1. The molecule has 16 heavy (non-hydrogen) atoms. The summed E-state index contributed by atoms with van der Waals surface area (Å²) in [5.74, 6) is 0.306. The molecule has 3 heteroatoms. The third-order valence-corrected chi connectivity index (χ3v) is 3.87. The number of hydrogen-bond acceptors (Lipinski definition) is 2. The van der Waals surface area contributed by atoms with Crippen LogP contribution >= 0.6 is 0 Å².